The Labute approximate surface area is 147 Å². The molecule has 0 atom stereocenters. The van der Waals surface area contributed by atoms with Gasteiger partial charge in [-0.15, -0.1) is 0 Å². The molecule has 0 amide bonds. The van der Waals surface area contributed by atoms with E-state index < -0.39 is 5.56 Å². The van der Waals surface area contributed by atoms with Gasteiger partial charge in [-0.1, -0.05) is 18.5 Å². The van der Waals surface area contributed by atoms with Crippen LogP contribution in [0.25, 0.3) is 11.8 Å². The lowest BCUT2D eigenvalue weighted by atomic mass is 10.2. The molecule has 0 bridgehead atoms. The Hall–Kier alpha value is -2.51. The molecular weight excluding hydrogens is 348 g/mol. The third-order valence-electron chi connectivity index (χ3n) is 3.42. The van der Waals surface area contributed by atoms with Crippen LogP contribution < -0.4 is 5.56 Å². The molecule has 1 aromatic heterocycles. The molecule has 1 aliphatic rings. The molecule has 0 saturated heterocycles. The number of amidine groups is 1. The number of nitrogens with one attached hydrogen (secondary N) is 1. The first-order valence-corrected chi connectivity index (χ1v) is 7.95. The lowest BCUT2D eigenvalue weighted by Gasteiger charge is -2.11. The highest BCUT2D eigenvalue weighted by atomic mass is 35.5. The number of nitrogens with zero attached hydrogens (tertiary/aromatic N) is 3. The number of allylic oxidation sites excluding steroid dienone is 1. The van der Waals surface area contributed by atoms with Gasteiger partial charge >= 0.3 is 0 Å². The monoisotopic (exact) mass is 360 g/mol. The van der Waals surface area contributed by atoms with Crippen molar-refractivity contribution in [2.24, 2.45) is 9.98 Å². The van der Waals surface area contributed by atoms with Crippen molar-refractivity contribution in [1.29, 1.82) is 0 Å². The van der Waals surface area contributed by atoms with E-state index >= 15 is 0 Å². The fourth-order valence-corrected chi connectivity index (χ4v) is 2.64. The number of hydrogen-bond donors (Lipinski definition) is 2. The zero-order valence-electron chi connectivity index (χ0n) is 12.7. The van der Waals surface area contributed by atoms with Crippen LogP contribution in [0.1, 0.15) is 18.9 Å². The number of aromatic nitrogens is 2. The van der Waals surface area contributed by atoms with Crippen LogP contribution in [-0.4, -0.2) is 26.7 Å². The van der Waals surface area contributed by atoms with E-state index in [-0.39, 0.29) is 16.2 Å². The van der Waals surface area contributed by atoms with Crippen LogP contribution in [0.3, 0.4) is 0 Å². The van der Waals surface area contributed by atoms with Crippen molar-refractivity contribution < 1.29 is 5.11 Å². The molecule has 2 aromatic rings. The summed E-state index contributed by atoms with van der Waals surface area (Å²) in [7, 11) is 0. The van der Waals surface area contributed by atoms with Crippen LogP contribution >= 0.6 is 23.8 Å². The molecule has 0 spiro atoms. The number of H-pyrrole nitrogens is 1. The molecular formula is C16H13ClN4O2S. The smallest absolute Gasteiger partial charge is 0.262 e. The summed E-state index contributed by atoms with van der Waals surface area (Å²) in [5.41, 5.74) is 0.632. The van der Waals surface area contributed by atoms with Gasteiger partial charge in [0.25, 0.3) is 5.56 Å². The molecule has 24 heavy (non-hydrogen) atoms. The number of halogens is 1. The Balaban J connectivity index is 2.17. The molecule has 0 unspecified atom stereocenters. The fraction of sp³-hybridized carbons (Fsp3) is 0.125. The minimum absolute atomic E-state index is 0.0566. The molecule has 122 valence electrons. The standard InChI is InChI=1S/C16H13ClN4O2S/c1-2-13-18-8-10(19-13)7-12-14(22)20-16(24)21(15(12)23)11-5-3-9(17)4-6-11/h3-8,23H,2H2,1H3,(H,20,22,24). The Kier molecular flexibility index (Phi) is 4.46. The largest absolute Gasteiger partial charge is 0.494 e. The van der Waals surface area contributed by atoms with E-state index in [0.29, 0.717) is 28.7 Å². The van der Waals surface area contributed by atoms with Crippen molar-refractivity contribution in [3.63, 3.8) is 0 Å². The highest BCUT2D eigenvalue weighted by molar-refractivity contribution is 7.71. The van der Waals surface area contributed by atoms with Gasteiger partial charge in [0.05, 0.1) is 17.6 Å². The minimum Gasteiger partial charge on any atom is -0.494 e. The summed E-state index contributed by atoms with van der Waals surface area (Å²) in [6, 6.07) is 6.72. The lowest BCUT2D eigenvalue weighted by molar-refractivity contribution is 0.432. The van der Waals surface area contributed by atoms with Gasteiger partial charge in [-0.25, -0.2) is 9.98 Å². The molecule has 8 heteroatoms. The van der Waals surface area contributed by atoms with Gasteiger partial charge < -0.3 is 5.11 Å². The number of aromatic hydroxyl groups is 1. The van der Waals surface area contributed by atoms with E-state index in [1.54, 1.807) is 30.5 Å². The molecule has 1 aromatic carbocycles. The molecule has 0 radical (unpaired) electrons. The van der Waals surface area contributed by atoms with Crippen molar-refractivity contribution in [2.75, 3.05) is 0 Å². The quantitative estimate of drug-likeness (QED) is 0.822. The topological polar surface area (TPSA) is 82.7 Å². The highest BCUT2D eigenvalue weighted by Gasteiger charge is 2.14. The molecule has 3 rings (SSSR count). The maximum Gasteiger partial charge on any atom is 0.262 e. The summed E-state index contributed by atoms with van der Waals surface area (Å²) in [5, 5.41) is 11.1. The number of aliphatic imine (C=N–C) groups is 2. The second-order valence-corrected chi connectivity index (χ2v) is 5.84. The third-order valence-corrected chi connectivity index (χ3v) is 3.95. The fourth-order valence-electron chi connectivity index (χ4n) is 2.23. The SMILES string of the molecule is CCC1=NC(=Cc2c(O)n(-c3ccc(Cl)cc3)c(=S)[nH]c2=O)C=N1. The van der Waals surface area contributed by atoms with E-state index in [9.17, 15) is 9.90 Å². The zero-order chi connectivity index (χ0) is 17.3. The van der Waals surface area contributed by atoms with Gasteiger partial charge in [-0.3, -0.25) is 14.3 Å². The summed E-state index contributed by atoms with van der Waals surface area (Å²) < 4.78 is 1.44. The second-order valence-electron chi connectivity index (χ2n) is 5.02. The van der Waals surface area contributed by atoms with E-state index in [4.69, 9.17) is 23.8 Å². The Morgan fingerprint density at radius 1 is 1.38 bits per heavy atom. The van der Waals surface area contributed by atoms with Crippen molar-refractivity contribution in [3.05, 3.63) is 55.7 Å². The van der Waals surface area contributed by atoms with Gasteiger partial charge in [0, 0.05) is 11.4 Å². The highest BCUT2D eigenvalue weighted by Crippen LogP contribution is 2.23. The number of hydrogen-bond acceptors (Lipinski definition) is 5. The average Bonchev–Trinajstić information content (AvgIpc) is 3.01. The molecule has 0 saturated carbocycles. The van der Waals surface area contributed by atoms with E-state index in [2.05, 4.69) is 15.0 Å². The molecule has 6 nitrogen and oxygen atoms in total. The summed E-state index contributed by atoms with van der Waals surface area (Å²) in [6.45, 7) is 1.93. The van der Waals surface area contributed by atoms with Crippen LogP contribution in [0.2, 0.25) is 5.02 Å². The Bertz CT molecular complexity index is 1000. The van der Waals surface area contributed by atoms with Crippen LogP contribution in [0.4, 0.5) is 0 Å². The van der Waals surface area contributed by atoms with Crippen molar-refractivity contribution in [3.8, 4) is 11.6 Å². The normalized spacial score (nSPS) is 15.1. The third kappa shape index (κ3) is 3.08. The summed E-state index contributed by atoms with van der Waals surface area (Å²) in [6.07, 6.45) is 3.71. The minimum atomic E-state index is -0.497. The van der Waals surface area contributed by atoms with E-state index in [1.165, 1.54) is 10.6 Å². The maximum absolute atomic E-state index is 12.2. The van der Waals surface area contributed by atoms with Gasteiger partial charge in [0.2, 0.25) is 5.88 Å². The lowest BCUT2D eigenvalue weighted by Crippen LogP contribution is -2.16. The van der Waals surface area contributed by atoms with Crippen LogP contribution in [0, 0.1) is 4.77 Å². The number of rotatable bonds is 3. The van der Waals surface area contributed by atoms with Gasteiger partial charge in [-0.2, -0.15) is 0 Å². The molecule has 0 fully saturated rings. The molecule has 0 aliphatic carbocycles. The van der Waals surface area contributed by atoms with E-state index in [1.807, 2.05) is 6.92 Å². The first-order chi connectivity index (χ1) is 11.5. The molecule has 1 aliphatic heterocycles. The van der Waals surface area contributed by atoms with Gasteiger partial charge in [-0.05, 0) is 42.6 Å². The Morgan fingerprint density at radius 3 is 2.71 bits per heavy atom. The van der Waals surface area contributed by atoms with Crippen molar-refractivity contribution in [1.82, 2.24) is 9.55 Å². The van der Waals surface area contributed by atoms with Gasteiger partial charge in [0.1, 0.15) is 11.4 Å². The number of aromatic amines is 1. The summed E-state index contributed by atoms with van der Waals surface area (Å²) in [5.74, 6) is 0.398. The first kappa shape index (κ1) is 16.4. The predicted molar refractivity (Wildman–Crippen MR) is 98.1 cm³/mol. The van der Waals surface area contributed by atoms with Crippen LogP contribution in [-0.2, 0) is 0 Å². The summed E-state index contributed by atoms with van der Waals surface area (Å²) in [4.78, 5) is 23.1. The molecule has 2 heterocycles. The Morgan fingerprint density at radius 2 is 2.08 bits per heavy atom. The average molecular weight is 361 g/mol. The second kappa shape index (κ2) is 6.54. The number of benzene rings is 1. The maximum atomic E-state index is 12.2. The first-order valence-electron chi connectivity index (χ1n) is 7.17. The van der Waals surface area contributed by atoms with Crippen molar-refractivity contribution >= 4 is 41.9 Å². The van der Waals surface area contributed by atoms with E-state index in [0.717, 1.165) is 0 Å². The predicted octanol–water partition coefficient (Wildman–Crippen LogP) is 3.49. The molecule has 2 N–H and O–H groups in total. The van der Waals surface area contributed by atoms with Crippen LogP contribution in [0.5, 0.6) is 5.88 Å². The van der Waals surface area contributed by atoms with Gasteiger partial charge in [0.15, 0.2) is 4.77 Å². The van der Waals surface area contributed by atoms with Crippen LogP contribution in [0.15, 0.2) is 44.7 Å². The summed E-state index contributed by atoms with van der Waals surface area (Å²) >= 11 is 11.0. The van der Waals surface area contributed by atoms with Crippen molar-refractivity contribution in [2.45, 2.75) is 13.3 Å². The zero-order valence-corrected chi connectivity index (χ0v) is 14.2.